The normalized spacial score (nSPS) is 14.6. The molecule has 1 aromatic carbocycles. The van der Waals surface area contributed by atoms with Crippen LogP contribution in [0.5, 0.6) is 5.75 Å². The summed E-state index contributed by atoms with van der Waals surface area (Å²) in [6.07, 6.45) is 8.58. The average molecular weight is 559 g/mol. The second kappa shape index (κ2) is 12.0. The summed E-state index contributed by atoms with van der Waals surface area (Å²) < 4.78 is 35.0. The van der Waals surface area contributed by atoms with Gasteiger partial charge < -0.3 is 10.1 Å². The van der Waals surface area contributed by atoms with Crippen LogP contribution in [0.4, 0.5) is 14.6 Å². The smallest absolute Gasteiger partial charge is 0.251 e. The van der Waals surface area contributed by atoms with Crippen molar-refractivity contribution in [1.82, 2.24) is 34.0 Å². The first-order valence-electron chi connectivity index (χ1n) is 13.7. The van der Waals surface area contributed by atoms with Gasteiger partial charge in [-0.3, -0.25) is 14.0 Å². The fourth-order valence-electron chi connectivity index (χ4n) is 5.16. The Bertz CT molecular complexity index is 1590. The second-order valence-electron chi connectivity index (χ2n) is 10.4. The molecule has 1 saturated heterocycles. The van der Waals surface area contributed by atoms with E-state index in [2.05, 4.69) is 49.6 Å². The van der Waals surface area contributed by atoms with Crippen LogP contribution in [0.15, 0.2) is 73.6 Å². The molecular weight excluding hydrogens is 526 g/mol. The molecule has 1 aliphatic rings. The molecule has 0 saturated carbocycles. The largest absolute Gasteiger partial charge is 0.493 e. The van der Waals surface area contributed by atoms with Gasteiger partial charge in [0.05, 0.1) is 36.9 Å². The van der Waals surface area contributed by atoms with Gasteiger partial charge in [-0.15, -0.1) is 0 Å². The number of piperidine rings is 1. The lowest BCUT2D eigenvalue weighted by atomic mass is 9.98. The van der Waals surface area contributed by atoms with Gasteiger partial charge in [0.25, 0.3) is 6.43 Å². The number of fused-ring (bicyclic) bond motifs is 1. The van der Waals surface area contributed by atoms with E-state index in [1.807, 2.05) is 53.1 Å². The van der Waals surface area contributed by atoms with E-state index in [0.29, 0.717) is 32.2 Å². The maximum atomic E-state index is 12.6. The molecule has 1 N–H and O–H groups in total. The second-order valence-corrected chi connectivity index (χ2v) is 10.4. The van der Waals surface area contributed by atoms with Crippen LogP contribution >= 0.6 is 0 Å². The van der Waals surface area contributed by atoms with Crippen molar-refractivity contribution in [3.8, 4) is 28.3 Å². The van der Waals surface area contributed by atoms with Crippen LogP contribution in [0.2, 0.25) is 0 Å². The molecule has 4 aromatic heterocycles. The van der Waals surface area contributed by atoms with Crippen LogP contribution < -0.4 is 10.1 Å². The molecule has 0 aliphatic carbocycles. The summed E-state index contributed by atoms with van der Waals surface area (Å²) in [5.74, 6) is 1.83. The van der Waals surface area contributed by atoms with E-state index in [-0.39, 0.29) is 6.54 Å². The number of hydrogen-bond acceptors (Lipinski definition) is 7. The number of ether oxygens (including phenoxy) is 1. The van der Waals surface area contributed by atoms with Gasteiger partial charge in [-0.05, 0) is 49.0 Å². The summed E-state index contributed by atoms with van der Waals surface area (Å²) in [5.41, 5.74) is 5.71. The molecule has 6 rings (SSSR count). The van der Waals surface area contributed by atoms with E-state index in [4.69, 9.17) is 4.74 Å². The van der Waals surface area contributed by atoms with Gasteiger partial charge in [0, 0.05) is 43.7 Å². The number of imidazole rings is 1. The molecule has 11 heteroatoms. The standard InChI is InChI=1S/C30H32F2N8O/c1-38-17-24(15-37-38)23-4-2-21(3-5-23)14-33-29-13-26(35-20-36-29)27-16-34-30-12-25(8-11-40(27)30)41-19-22-6-9-39(10-7-22)18-28(31)32/h2-5,8,11-13,15-17,20,22,28H,6-7,9-10,14,18-19H2,1H3,(H,33,35,36). The van der Waals surface area contributed by atoms with Crippen molar-refractivity contribution in [2.24, 2.45) is 13.0 Å². The molecule has 0 spiro atoms. The van der Waals surface area contributed by atoms with Crippen LogP contribution in [0.3, 0.4) is 0 Å². The van der Waals surface area contributed by atoms with E-state index in [0.717, 1.165) is 58.1 Å². The highest BCUT2D eigenvalue weighted by Gasteiger charge is 2.22. The number of anilines is 1. The number of halogens is 2. The highest BCUT2D eigenvalue weighted by atomic mass is 19.3. The molecule has 0 bridgehead atoms. The Morgan fingerprint density at radius 2 is 1.83 bits per heavy atom. The maximum Gasteiger partial charge on any atom is 0.251 e. The Balaban J connectivity index is 1.06. The molecule has 5 aromatic rings. The quantitative estimate of drug-likeness (QED) is 0.253. The van der Waals surface area contributed by atoms with Crippen LogP contribution in [-0.2, 0) is 13.6 Å². The zero-order valence-corrected chi connectivity index (χ0v) is 22.8. The minimum Gasteiger partial charge on any atom is -0.493 e. The third-order valence-electron chi connectivity index (χ3n) is 7.47. The summed E-state index contributed by atoms with van der Waals surface area (Å²) in [7, 11) is 1.91. The van der Waals surface area contributed by atoms with E-state index in [1.165, 1.54) is 0 Å². The molecule has 0 amide bonds. The van der Waals surface area contributed by atoms with Gasteiger partial charge in [-0.2, -0.15) is 5.10 Å². The first kappa shape index (κ1) is 26.8. The van der Waals surface area contributed by atoms with Gasteiger partial charge in [0.15, 0.2) is 0 Å². The van der Waals surface area contributed by atoms with Gasteiger partial charge in [0.2, 0.25) is 0 Å². The summed E-state index contributed by atoms with van der Waals surface area (Å²) in [4.78, 5) is 15.3. The van der Waals surface area contributed by atoms with Crippen molar-refractivity contribution in [2.45, 2.75) is 25.8 Å². The zero-order valence-electron chi connectivity index (χ0n) is 22.8. The molecule has 1 aliphatic heterocycles. The van der Waals surface area contributed by atoms with Crippen molar-refractivity contribution in [3.63, 3.8) is 0 Å². The van der Waals surface area contributed by atoms with Crippen LogP contribution in [-0.4, -0.2) is 66.7 Å². The molecule has 41 heavy (non-hydrogen) atoms. The van der Waals surface area contributed by atoms with Gasteiger partial charge in [-0.25, -0.2) is 23.7 Å². The number of hydrogen-bond donors (Lipinski definition) is 1. The Kier molecular flexibility index (Phi) is 7.86. The lowest BCUT2D eigenvalue weighted by molar-refractivity contribution is 0.0620. The van der Waals surface area contributed by atoms with Crippen molar-refractivity contribution in [1.29, 1.82) is 0 Å². The number of nitrogens with one attached hydrogen (secondary N) is 1. The van der Waals surface area contributed by atoms with E-state index >= 15 is 0 Å². The number of benzene rings is 1. The SMILES string of the molecule is Cn1cc(-c2ccc(CNc3cc(-c4cnc5cc(OCC6CCN(CC(F)F)CC6)ccn45)ncn3)cc2)cn1. The number of nitrogens with zero attached hydrogens (tertiary/aromatic N) is 7. The molecule has 0 atom stereocenters. The highest BCUT2D eigenvalue weighted by molar-refractivity contribution is 5.64. The fraction of sp³-hybridized carbons (Fsp3) is 0.333. The number of alkyl halides is 2. The molecule has 0 radical (unpaired) electrons. The van der Waals surface area contributed by atoms with Crippen LogP contribution in [0, 0.1) is 5.92 Å². The molecule has 5 heterocycles. The van der Waals surface area contributed by atoms with Gasteiger partial charge in [0.1, 0.15) is 23.5 Å². The van der Waals surface area contributed by atoms with Crippen molar-refractivity contribution in [2.75, 3.05) is 31.6 Å². The Labute approximate surface area is 236 Å². The Morgan fingerprint density at radius 3 is 2.59 bits per heavy atom. The molecule has 1 fully saturated rings. The minimum absolute atomic E-state index is 0.141. The zero-order chi connectivity index (χ0) is 28.2. The number of aryl methyl sites for hydroxylation is 1. The van der Waals surface area contributed by atoms with Gasteiger partial charge >= 0.3 is 0 Å². The summed E-state index contributed by atoms with van der Waals surface area (Å²) in [6, 6.07) is 14.1. The van der Waals surface area contributed by atoms with Gasteiger partial charge in [-0.1, -0.05) is 24.3 Å². The number of rotatable bonds is 10. The lowest BCUT2D eigenvalue weighted by Crippen LogP contribution is -2.38. The van der Waals surface area contributed by atoms with E-state index < -0.39 is 6.43 Å². The lowest BCUT2D eigenvalue weighted by Gasteiger charge is -2.31. The molecule has 0 unspecified atom stereocenters. The Morgan fingerprint density at radius 1 is 1.00 bits per heavy atom. The predicted octanol–water partition coefficient (Wildman–Crippen LogP) is 5.16. The minimum atomic E-state index is -2.28. The highest BCUT2D eigenvalue weighted by Crippen LogP contribution is 2.25. The first-order chi connectivity index (χ1) is 20.0. The van der Waals surface area contributed by atoms with Crippen molar-refractivity contribution < 1.29 is 13.5 Å². The third kappa shape index (κ3) is 6.51. The maximum absolute atomic E-state index is 12.6. The first-order valence-corrected chi connectivity index (χ1v) is 13.7. The van der Waals surface area contributed by atoms with E-state index in [1.54, 1.807) is 17.2 Å². The monoisotopic (exact) mass is 558 g/mol. The molecular formula is C30H32F2N8O. The van der Waals surface area contributed by atoms with Crippen LogP contribution in [0.1, 0.15) is 18.4 Å². The molecule has 9 nitrogen and oxygen atoms in total. The summed E-state index contributed by atoms with van der Waals surface area (Å²) >= 11 is 0. The van der Waals surface area contributed by atoms with Crippen LogP contribution in [0.25, 0.3) is 28.2 Å². The summed E-state index contributed by atoms with van der Waals surface area (Å²) in [6.45, 7) is 2.43. The number of likely N-dealkylation sites (tertiary alicyclic amines) is 1. The predicted molar refractivity (Wildman–Crippen MR) is 153 cm³/mol. The third-order valence-corrected chi connectivity index (χ3v) is 7.47. The summed E-state index contributed by atoms with van der Waals surface area (Å²) in [5, 5.41) is 7.62. The van der Waals surface area contributed by atoms with E-state index in [9.17, 15) is 8.78 Å². The average Bonchev–Trinajstić information content (AvgIpc) is 3.62. The van der Waals surface area contributed by atoms with Crippen molar-refractivity contribution in [3.05, 3.63) is 79.1 Å². The number of pyridine rings is 1. The topological polar surface area (TPSA) is 85.4 Å². The Hall–Kier alpha value is -4.38. The van der Waals surface area contributed by atoms with Crippen molar-refractivity contribution >= 4 is 11.5 Å². The molecule has 212 valence electrons. The fourth-order valence-corrected chi connectivity index (χ4v) is 5.16. The number of aromatic nitrogens is 6.